The molecule has 1 aromatic carbocycles. The Morgan fingerprint density at radius 1 is 1.27 bits per heavy atom. The molecule has 0 spiro atoms. The Kier molecular flexibility index (Phi) is 3.17. The van der Waals surface area contributed by atoms with Crippen LogP contribution in [-0.4, -0.2) is 5.11 Å². The second kappa shape index (κ2) is 4.26. The number of hydrogen-bond donors (Lipinski definition) is 1. The number of benzene rings is 1. The molecule has 1 aromatic rings. The summed E-state index contributed by atoms with van der Waals surface area (Å²) in [5.74, 6) is 0.490. The van der Waals surface area contributed by atoms with Gasteiger partial charge >= 0.3 is 0 Å². The maximum atomic E-state index is 10.2. The van der Waals surface area contributed by atoms with Gasteiger partial charge in [0.2, 0.25) is 0 Å². The lowest BCUT2D eigenvalue weighted by Gasteiger charge is -2.31. The number of aliphatic hydroxyl groups excluding tert-OH is 1. The molecule has 0 aromatic heterocycles. The number of aryl methyl sites for hydroxylation is 2. The van der Waals surface area contributed by atoms with Gasteiger partial charge in [-0.05, 0) is 55.4 Å². The summed E-state index contributed by atoms with van der Waals surface area (Å²) in [7, 11) is 0. The minimum Gasteiger partial charge on any atom is -0.388 e. The van der Waals surface area contributed by atoms with Gasteiger partial charge in [-0.2, -0.15) is 0 Å². The van der Waals surface area contributed by atoms with Gasteiger partial charge in [-0.1, -0.05) is 28.4 Å². The van der Waals surface area contributed by atoms with Gasteiger partial charge in [-0.15, -0.1) is 0 Å². The van der Waals surface area contributed by atoms with E-state index in [1.807, 2.05) is 0 Å². The normalized spacial score (nSPS) is 18.7. The smallest absolute Gasteiger partial charge is 0.0820 e. The van der Waals surface area contributed by atoms with E-state index in [4.69, 9.17) is 0 Å². The summed E-state index contributed by atoms with van der Waals surface area (Å²) < 4.78 is 1.13. The minimum atomic E-state index is -0.259. The fourth-order valence-electron chi connectivity index (χ4n) is 2.13. The van der Waals surface area contributed by atoms with Crippen LogP contribution in [0.1, 0.15) is 42.1 Å². The third kappa shape index (κ3) is 2.11. The summed E-state index contributed by atoms with van der Waals surface area (Å²) >= 11 is 3.52. The molecule has 0 aliphatic heterocycles. The van der Waals surface area contributed by atoms with Crippen LogP contribution in [0.25, 0.3) is 0 Å². The Bertz CT molecular complexity index is 369. The minimum absolute atomic E-state index is 0.259. The van der Waals surface area contributed by atoms with Gasteiger partial charge in [0.05, 0.1) is 6.10 Å². The largest absolute Gasteiger partial charge is 0.388 e. The standard InChI is InChI=1S/C13H17BrO/c1-8-7-12(14)9(2)6-11(8)13(15)10-4-3-5-10/h6-7,10,13,15H,3-5H2,1-2H3. The van der Waals surface area contributed by atoms with Crippen molar-refractivity contribution in [3.05, 3.63) is 33.3 Å². The van der Waals surface area contributed by atoms with Crippen LogP contribution in [0.3, 0.4) is 0 Å². The van der Waals surface area contributed by atoms with E-state index < -0.39 is 0 Å². The lowest BCUT2D eigenvalue weighted by atomic mass is 9.78. The molecule has 0 amide bonds. The predicted octanol–water partition coefficient (Wildman–Crippen LogP) is 3.90. The van der Waals surface area contributed by atoms with E-state index in [1.165, 1.54) is 30.4 Å². The van der Waals surface area contributed by atoms with Crippen molar-refractivity contribution < 1.29 is 5.11 Å². The average Bonchev–Trinajstić information content (AvgIpc) is 2.08. The first-order chi connectivity index (χ1) is 7.09. The third-order valence-corrected chi connectivity index (χ3v) is 4.32. The first kappa shape index (κ1) is 11.2. The fraction of sp³-hybridized carbons (Fsp3) is 0.538. The van der Waals surface area contributed by atoms with Crippen molar-refractivity contribution in [3.63, 3.8) is 0 Å². The molecule has 2 rings (SSSR count). The zero-order valence-corrected chi connectivity index (χ0v) is 10.8. The van der Waals surface area contributed by atoms with Crippen LogP contribution in [0.5, 0.6) is 0 Å². The van der Waals surface area contributed by atoms with Crippen LogP contribution in [0, 0.1) is 19.8 Å². The molecule has 1 fully saturated rings. The Morgan fingerprint density at radius 2 is 1.93 bits per heavy atom. The van der Waals surface area contributed by atoms with E-state index in [0.717, 1.165) is 10.0 Å². The third-order valence-electron chi connectivity index (χ3n) is 3.46. The van der Waals surface area contributed by atoms with Crippen LogP contribution < -0.4 is 0 Å². The van der Waals surface area contributed by atoms with Gasteiger partial charge in [-0.25, -0.2) is 0 Å². The molecule has 1 nitrogen and oxygen atoms in total. The highest BCUT2D eigenvalue weighted by molar-refractivity contribution is 9.10. The first-order valence-corrected chi connectivity index (χ1v) is 6.33. The second-order valence-corrected chi connectivity index (χ2v) is 5.45. The van der Waals surface area contributed by atoms with Gasteiger partial charge in [0.25, 0.3) is 0 Å². The average molecular weight is 269 g/mol. The van der Waals surface area contributed by atoms with E-state index in [0.29, 0.717) is 5.92 Å². The van der Waals surface area contributed by atoms with Gasteiger partial charge < -0.3 is 5.11 Å². The molecule has 2 heteroatoms. The summed E-state index contributed by atoms with van der Waals surface area (Å²) in [6.45, 7) is 4.14. The fourth-order valence-corrected chi connectivity index (χ4v) is 2.59. The number of halogens is 1. The Labute approximate surface area is 99.6 Å². The molecule has 1 atom stereocenters. The highest BCUT2D eigenvalue weighted by Crippen LogP contribution is 2.39. The zero-order valence-electron chi connectivity index (χ0n) is 9.26. The Hall–Kier alpha value is -0.340. The van der Waals surface area contributed by atoms with Gasteiger partial charge in [-0.3, -0.25) is 0 Å². The predicted molar refractivity (Wildman–Crippen MR) is 65.9 cm³/mol. The first-order valence-electron chi connectivity index (χ1n) is 5.54. The molecule has 0 saturated heterocycles. The molecular formula is C13H17BrO. The van der Waals surface area contributed by atoms with Crippen LogP contribution in [-0.2, 0) is 0 Å². The van der Waals surface area contributed by atoms with Gasteiger partial charge in [0.15, 0.2) is 0 Å². The van der Waals surface area contributed by atoms with Crippen molar-refractivity contribution in [2.75, 3.05) is 0 Å². The molecule has 0 heterocycles. The van der Waals surface area contributed by atoms with Crippen molar-refractivity contribution in [2.45, 2.75) is 39.2 Å². The monoisotopic (exact) mass is 268 g/mol. The van der Waals surface area contributed by atoms with E-state index >= 15 is 0 Å². The second-order valence-electron chi connectivity index (χ2n) is 4.59. The molecule has 1 saturated carbocycles. The molecule has 82 valence electrons. The molecular weight excluding hydrogens is 252 g/mol. The van der Waals surface area contributed by atoms with Gasteiger partial charge in [0.1, 0.15) is 0 Å². The summed E-state index contributed by atoms with van der Waals surface area (Å²) in [6, 6.07) is 4.22. The van der Waals surface area contributed by atoms with Crippen molar-refractivity contribution >= 4 is 15.9 Å². The highest BCUT2D eigenvalue weighted by atomic mass is 79.9. The van der Waals surface area contributed by atoms with Crippen molar-refractivity contribution in [3.8, 4) is 0 Å². The van der Waals surface area contributed by atoms with Crippen LogP contribution in [0.15, 0.2) is 16.6 Å². The number of rotatable bonds is 2. The van der Waals surface area contributed by atoms with Crippen molar-refractivity contribution in [1.82, 2.24) is 0 Å². The summed E-state index contributed by atoms with van der Waals surface area (Å²) in [4.78, 5) is 0. The molecule has 0 bridgehead atoms. The van der Waals surface area contributed by atoms with E-state index in [9.17, 15) is 5.11 Å². The van der Waals surface area contributed by atoms with Crippen LogP contribution in [0.4, 0.5) is 0 Å². The molecule has 1 aliphatic rings. The lowest BCUT2D eigenvalue weighted by Crippen LogP contribution is -2.20. The summed E-state index contributed by atoms with van der Waals surface area (Å²) in [5.41, 5.74) is 3.50. The molecule has 1 aliphatic carbocycles. The van der Waals surface area contributed by atoms with Crippen LogP contribution in [0.2, 0.25) is 0 Å². The lowest BCUT2D eigenvalue weighted by molar-refractivity contribution is 0.0615. The summed E-state index contributed by atoms with van der Waals surface area (Å²) in [6.07, 6.45) is 3.37. The number of aliphatic hydroxyl groups is 1. The zero-order chi connectivity index (χ0) is 11.0. The van der Waals surface area contributed by atoms with Gasteiger partial charge in [0, 0.05) is 4.47 Å². The maximum Gasteiger partial charge on any atom is 0.0820 e. The van der Waals surface area contributed by atoms with Crippen molar-refractivity contribution in [1.29, 1.82) is 0 Å². The molecule has 1 N–H and O–H groups in total. The SMILES string of the molecule is Cc1cc(C(O)C2CCC2)c(C)cc1Br. The quantitative estimate of drug-likeness (QED) is 0.863. The Balaban J connectivity index is 2.30. The van der Waals surface area contributed by atoms with Crippen LogP contribution >= 0.6 is 15.9 Å². The molecule has 1 unspecified atom stereocenters. The topological polar surface area (TPSA) is 20.2 Å². The molecule has 0 radical (unpaired) electrons. The Morgan fingerprint density at radius 3 is 2.47 bits per heavy atom. The maximum absolute atomic E-state index is 10.2. The van der Waals surface area contributed by atoms with Crippen molar-refractivity contribution in [2.24, 2.45) is 5.92 Å². The number of hydrogen-bond acceptors (Lipinski definition) is 1. The van der Waals surface area contributed by atoms with E-state index in [2.05, 4.69) is 41.9 Å². The van der Waals surface area contributed by atoms with E-state index in [1.54, 1.807) is 0 Å². The molecule has 15 heavy (non-hydrogen) atoms. The summed E-state index contributed by atoms with van der Waals surface area (Å²) in [5, 5.41) is 10.2. The van der Waals surface area contributed by atoms with E-state index in [-0.39, 0.29) is 6.10 Å². The highest BCUT2D eigenvalue weighted by Gasteiger charge is 2.27.